The number of H-pyrrole nitrogens is 1. The predicted octanol–water partition coefficient (Wildman–Crippen LogP) is 4.78. The van der Waals surface area contributed by atoms with Gasteiger partial charge in [0, 0.05) is 43.9 Å². The first-order valence-electron chi connectivity index (χ1n) is 7.07. The van der Waals surface area contributed by atoms with E-state index in [1.807, 2.05) is 12.3 Å². The van der Waals surface area contributed by atoms with Crippen molar-refractivity contribution in [2.24, 2.45) is 0 Å². The monoisotopic (exact) mass is 354 g/mol. The number of aromatic nitrogens is 2. The Morgan fingerprint density at radius 3 is 2.85 bits per heavy atom. The number of aromatic amines is 1. The van der Waals surface area contributed by atoms with Gasteiger partial charge < -0.3 is 9.72 Å². The van der Waals surface area contributed by atoms with E-state index in [0.29, 0.717) is 5.92 Å². The molecule has 0 bridgehead atoms. The van der Waals surface area contributed by atoms with Gasteiger partial charge in [-0.05, 0) is 33.6 Å². The number of rotatable bonds is 6. The molecule has 0 aliphatic heterocycles. The Kier molecular flexibility index (Phi) is 5.04. The van der Waals surface area contributed by atoms with E-state index in [1.165, 1.54) is 17.0 Å². The van der Waals surface area contributed by atoms with Crippen LogP contribution in [0.5, 0.6) is 0 Å². The summed E-state index contributed by atoms with van der Waals surface area (Å²) in [7, 11) is -0.992. The highest BCUT2D eigenvalue weighted by Gasteiger charge is 2.15. The van der Waals surface area contributed by atoms with Crippen LogP contribution in [0.2, 0.25) is 25.7 Å². The van der Waals surface area contributed by atoms with E-state index in [-0.39, 0.29) is 0 Å². The van der Waals surface area contributed by atoms with E-state index in [0.717, 1.165) is 23.3 Å². The van der Waals surface area contributed by atoms with Crippen LogP contribution in [0.25, 0.3) is 10.9 Å². The highest BCUT2D eigenvalue weighted by atomic mass is 79.9. The molecule has 1 atom stereocenters. The van der Waals surface area contributed by atoms with Crippen LogP contribution in [0.1, 0.15) is 18.4 Å². The van der Waals surface area contributed by atoms with Gasteiger partial charge in [-0.2, -0.15) is 0 Å². The molecule has 1 unspecified atom stereocenters. The van der Waals surface area contributed by atoms with Gasteiger partial charge in [-0.15, -0.1) is 0 Å². The van der Waals surface area contributed by atoms with E-state index < -0.39 is 8.07 Å². The van der Waals surface area contributed by atoms with Crippen LogP contribution >= 0.6 is 15.9 Å². The maximum atomic E-state index is 5.86. The van der Waals surface area contributed by atoms with Gasteiger partial charge in [-0.25, -0.2) is 4.98 Å². The summed E-state index contributed by atoms with van der Waals surface area (Å²) in [6.45, 7) is 11.0. The summed E-state index contributed by atoms with van der Waals surface area (Å²) in [5.74, 6) is 0.383. The lowest BCUT2D eigenvalue weighted by Crippen LogP contribution is -2.22. The number of hydrogen-bond donors (Lipinski definition) is 1. The summed E-state index contributed by atoms with van der Waals surface area (Å²) in [4.78, 5) is 7.62. The molecular weight excluding hydrogens is 332 g/mol. The number of ether oxygens (including phenoxy) is 1. The van der Waals surface area contributed by atoms with Crippen molar-refractivity contribution in [1.82, 2.24) is 9.97 Å². The summed E-state index contributed by atoms with van der Waals surface area (Å²) >= 11 is 3.40. The molecule has 20 heavy (non-hydrogen) atoms. The lowest BCUT2D eigenvalue weighted by molar-refractivity contribution is 0.135. The quantitative estimate of drug-likeness (QED) is 0.460. The Morgan fingerprint density at radius 2 is 2.15 bits per heavy atom. The van der Waals surface area contributed by atoms with Gasteiger partial charge in [0.05, 0.1) is 6.61 Å². The molecule has 2 heterocycles. The van der Waals surface area contributed by atoms with Crippen LogP contribution in [0.4, 0.5) is 0 Å². The van der Waals surface area contributed by atoms with Crippen molar-refractivity contribution in [1.29, 1.82) is 0 Å². The predicted molar refractivity (Wildman–Crippen MR) is 91.2 cm³/mol. The number of fused-ring (bicyclic) bond motifs is 1. The minimum atomic E-state index is -0.992. The second-order valence-electron chi connectivity index (χ2n) is 6.58. The van der Waals surface area contributed by atoms with E-state index >= 15 is 0 Å². The molecule has 2 aromatic rings. The summed E-state index contributed by atoms with van der Waals surface area (Å²) in [5, 5.41) is 1.19. The Labute approximate surface area is 130 Å². The molecule has 0 saturated heterocycles. The van der Waals surface area contributed by atoms with Crippen molar-refractivity contribution in [2.45, 2.75) is 38.5 Å². The Bertz CT molecular complexity index is 577. The second kappa shape index (κ2) is 6.41. The van der Waals surface area contributed by atoms with Crippen LogP contribution in [0.15, 0.2) is 23.1 Å². The van der Waals surface area contributed by atoms with Crippen molar-refractivity contribution >= 4 is 34.9 Å². The van der Waals surface area contributed by atoms with E-state index in [9.17, 15) is 0 Å². The highest BCUT2D eigenvalue weighted by Crippen LogP contribution is 2.26. The molecule has 0 aliphatic rings. The zero-order chi connectivity index (χ0) is 14.8. The normalized spacial score (nSPS) is 13.8. The number of nitrogens with zero attached hydrogens (tertiary/aromatic N) is 1. The smallest absolute Gasteiger partial charge is 0.108 e. The van der Waals surface area contributed by atoms with Gasteiger partial charge in [-0.3, -0.25) is 0 Å². The molecule has 2 aromatic heterocycles. The fraction of sp³-hybridized carbons (Fsp3) is 0.533. The van der Waals surface area contributed by atoms with Crippen molar-refractivity contribution in [2.75, 3.05) is 13.2 Å². The van der Waals surface area contributed by atoms with Gasteiger partial charge >= 0.3 is 0 Å². The molecule has 1 N–H and O–H groups in total. The average Bonchev–Trinajstić information content (AvgIpc) is 2.76. The molecule has 0 amide bonds. The van der Waals surface area contributed by atoms with Crippen molar-refractivity contribution < 1.29 is 4.74 Å². The standard InChI is InChI=1S/C15H23BrN2OSi/c1-11(10-19-5-6-20(2,3)4)12-8-17-14-7-15(16)18-9-13(12)14/h7-9,11,17H,5-6,10H2,1-4H3. The number of nitrogens with one attached hydrogen (secondary N) is 1. The van der Waals surface area contributed by atoms with Gasteiger partial charge in [-0.1, -0.05) is 26.6 Å². The zero-order valence-electron chi connectivity index (χ0n) is 12.7. The largest absolute Gasteiger partial charge is 0.381 e. The van der Waals surface area contributed by atoms with E-state index in [2.05, 4.69) is 58.7 Å². The topological polar surface area (TPSA) is 37.9 Å². The third-order valence-corrected chi connectivity index (χ3v) is 5.60. The van der Waals surface area contributed by atoms with Gasteiger partial charge in [0.25, 0.3) is 0 Å². The molecule has 3 nitrogen and oxygen atoms in total. The summed E-state index contributed by atoms with van der Waals surface area (Å²) in [6, 6.07) is 3.24. The summed E-state index contributed by atoms with van der Waals surface area (Å²) < 4.78 is 6.72. The van der Waals surface area contributed by atoms with Gasteiger partial charge in [0.2, 0.25) is 0 Å². The number of halogens is 1. The second-order valence-corrected chi connectivity index (χ2v) is 13.0. The Balaban J connectivity index is 1.96. The van der Waals surface area contributed by atoms with Crippen LogP contribution in [0, 0.1) is 0 Å². The first-order chi connectivity index (χ1) is 9.37. The SMILES string of the molecule is CC(COCC[Si](C)(C)C)c1c[nH]c2cc(Br)ncc12. The summed E-state index contributed by atoms with van der Waals surface area (Å²) in [5.41, 5.74) is 2.41. The first-order valence-corrected chi connectivity index (χ1v) is 11.6. The average molecular weight is 355 g/mol. The molecule has 0 radical (unpaired) electrons. The third kappa shape index (κ3) is 4.17. The van der Waals surface area contributed by atoms with E-state index in [1.54, 1.807) is 0 Å². The molecule has 0 spiro atoms. The fourth-order valence-corrected chi connectivity index (χ4v) is 3.24. The number of pyridine rings is 1. The van der Waals surface area contributed by atoms with Crippen molar-refractivity contribution in [3.63, 3.8) is 0 Å². The van der Waals surface area contributed by atoms with Gasteiger partial charge in [0.1, 0.15) is 4.60 Å². The maximum absolute atomic E-state index is 5.86. The molecule has 110 valence electrons. The van der Waals surface area contributed by atoms with Crippen LogP contribution in [-0.2, 0) is 4.74 Å². The van der Waals surface area contributed by atoms with Crippen LogP contribution < -0.4 is 0 Å². The molecule has 0 saturated carbocycles. The summed E-state index contributed by atoms with van der Waals surface area (Å²) in [6.07, 6.45) is 4.00. The third-order valence-electron chi connectivity index (χ3n) is 3.46. The molecule has 0 aliphatic carbocycles. The van der Waals surface area contributed by atoms with E-state index in [4.69, 9.17) is 4.74 Å². The van der Waals surface area contributed by atoms with Crippen LogP contribution in [0.3, 0.4) is 0 Å². The molecule has 0 fully saturated rings. The lowest BCUT2D eigenvalue weighted by atomic mass is 10.0. The van der Waals surface area contributed by atoms with Crippen molar-refractivity contribution in [3.8, 4) is 0 Å². The minimum absolute atomic E-state index is 0.383. The van der Waals surface area contributed by atoms with Crippen LogP contribution in [-0.4, -0.2) is 31.3 Å². The Morgan fingerprint density at radius 1 is 1.40 bits per heavy atom. The maximum Gasteiger partial charge on any atom is 0.108 e. The molecular formula is C15H23BrN2OSi. The lowest BCUT2D eigenvalue weighted by Gasteiger charge is -2.17. The fourth-order valence-electron chi connectivity index (χ4n) is 2.15. The molecule has 0 aromatic carbocycles. The highest BCUT2D eigenvalue weighted by molar-refractivity contribution is 9.10. The molecule has 2 rings (SSSR count). The molecule has 5 heteroatoms. The first kappa shape index (κ1) is 15.7. The minimum Gasteiger partial charge on any atom is -0.381 e. The number of hydrogen-bond acceptors (Lipinski definition) is 2. The zero-order valence-corrected chi connectivity index (χ0v) is 15.3. The Hall–Kier alpha value is -0.653. The van der Waals surface area contributed by atoms with Gasteiger partial charge in [0.15, 0.2) is 0 Å². The van der Waals surface area contributed by atoms with Crippen molar-refractivity contribution in [3.05, 3.63) is 28.6 Å².